The Labute approximate surface area is 363 Å². The summed E-state index contributed by atoms with van der Waals surface area (Å²) in [5.41, 5.74) is 7.97. The second-order valence-electron chi connectivity index (χ2n) is 19.0. The second-order valence-corrected chi connectivity index (χ2v) is 19.0. The van der Waals surface area contributed by atoms with Gasteiger partial charge < -0.3 is 56.4 Å². The first kappa shape index (κ1) is 55.6. The number of nitrogens with two attached hydrogens (primary N) is 2. The van der Waals surface area contributed by atoms with Gasteiger partial charge in [0.15, 0.2) is 17.3 Å². The predicted octanol–water partition coefficient (Wildman–Crippen LogP) is -0.00830. The molecule has 0 radical (unpaired) electrons. The number of primary amides is 1. The summed E-state index contributed by atoms with van der Waals surface area (Å²) in [6.07, 6.45) is -12.6. The topological polar surface area (TPSA) is 327 Å². The minimum Gasteiger partial charge on any atom is -0.460 e. The van der Waals surface area contributed by atoms with Crippen LogP contribution in [0.15, 0.2) is 0 Å². The highest BCUT2D eigenvalue weighted by Crippen LogP contribution is 2.26. The predicted molar refractivity (Wildman–Crippen MR) is 220 cm³/mol. The highest BCUT2D eigenvalue weighted by Gasteiger charge is 2.47. The normalized spacial score (nSPS) is 21.4. The van der Waals surface area contributed by atoms with Gasteiger partial charge in [-0.05, 0) is 74.7 Å². The molecule has 1 saturated heterocycles. The minimum absolute atomic E-state index is 0.344. The summed E-state index contributed by atoms with van der Waals surface area (Å²) in [6, 6.07) is -2.98. The third-order valence-corrected chi connectivity index (χ3v) is 9.35. The molecular formula is C42H70N4O16. The Kier molecular flexibility index (Phi) is 21.5. The lowest BCUT2D eigenvalue weighted by Crippen LogP contribution is -2.61. The molecular weight excluding hydrogens is 816 g/mol. The number of hydrogen-bond donors (Lipinski definition) is 7. The molecule has 0 spiro atoms. The number of ether oxygens (including phenoxy) is 4. The van der Waals surface area contributed by atoms with Gasteiger partial charge in [-0.15, -0.1) is 0 Å². The van der Waals surface area contributed by atoms with Crippen molar-refractivity contribution in [2.45, 2.75) is 187 Å². The molecule has 62 heavy (non-hydrogen) atoms. The summed E-state index contributed by atoms with van der Waals surface area (Å²) in [7, 11) is 0. The van der Waals surface area contributed by atoms with Crippen LogP contribution in [0.1, 0.15) is 128 Å². The van der Waals surface area contributed by atoms with Gasteiger partial charge in [0.2, 0.25) is 17.7 Å². The van der Waals surface area contributed by atoms with E-state index in [0.717, 1.165) is 0 Å². The Morgan fingerprint density at radius 3 is 1.60 bits per heavy atom. The van der Waals surface area contributed by atoms with E-state index in [-0.39, 0.29) is 19.4 Å². The van der Waals surface area contributed by atoms with Gasteiger partial charge in [-0.25, -0.2) is 0 Å². The van der Waals surface area contributed by atoms with Crippen molar-refractivity contribution in [1.29, 1.82) is 0 Å². The largest absolute Gasteiger partial charge is 0.460 e. The maximum Gasteiger partial charge on any atom is 0.308 e. The van der Waals surface area contributed by atoms with E-state index in [9.17, 15) is 58.5 Å². The molecule has 20 nitrogen and oxygen atoms in total. The van der Waals surface area contributed by atoms with E-state index in [1.54, 1.807) is 76.2 Å². The average Bonchev–Trinajstić information content (AvgIpc) is 3.10. The van der Waals surface area contributed by atoms with E-state index in [4.69, 9.17) is 30.4 Å². The highest BCUT2D eigenvalue weighted by atomic mass is 16.6. The van der Waals surface area contributed by atoms with Crippen molar-refractivity contribution >= 4 is 53.0 Å². The lowest BCUT2D eigenvalue weighted by molar-refractivity contribution is -0.217. The van der Waals surface area contributed by atoms with Crippen molar-refractivity contribution in [2.24, 2.45) is 29.2 Å². The van der Waals surface area contributed by atoms with Gasteiger partial charge in [-0.1, -0.05) is 13.8 Å². The molecule has 1 aliphatic rings. The van der Waals surface area contributed by atoms with Crippen molar-refractivity contribution in [3.05, 3.63) is 0 Å². The summed E-state index contributed by atoms with van der Waals surface area (Å²) in [5.74, 6) is -10.9. The van der Waals surface area contributed by atoms with Crippen LogP contribution < -0.4 is 22.1 Å². The number of hydrogen-bond acceptors (Lipinski definition) is 17. The molecule has 9 N–H and O–H groups in total. The minimum atomic E-state index is -1.94. The number of carbonyl (C=O) groups is 9. The van der Waals surface area contributed by atoms with Crippen molar-refractivity contribution in [3.8, 4) is 0 Å². The Morgan fingerprint density at radius 2 is 1.11 bits per heavy atom. The van der Waals surface area contributed by atoms with Gasteiger partial charge in [0.1, 0.15) is 41.2 Å². The molecule has 9 atom stereocenters. The quantitative estimate of drug-likeness (QED) is 0.0524. The number of aliphatic hydroxyl groups is 3. The molecule has 1 rings (SSSR count). The van der Waals surface area contributed by atoms with Crippen LogP contribution in [0.3, 0.4) is 0 Å². The van der Waals surface area contributed by atoms with Crippen LogP contribution in [0.25, 0.3) is 0 Å². The van der Waals surface area contributed by atoms with Crippen LogP contribution >= 0.6 is 0 Å². The van der Waals surface area contributed by atoms with Crippen LogP contribution in [-0.4, -0.2) is 134 Å². The first-order valence-electron chi connectivity index (χ1n) is 20.8. The zero-order chi connectivity index (χ0) is 48.1. The fraction of sp³-hybridized carbons (Fsp3) is 0.786. The fourth-order valence-corrected chi connectivity index (χ4v) is 6.36. The summed E-state index contributed by atoms with van der Waals surface area (Å²) < 4.78 is 21.6. The number of ketones is 3. The van der Waals surface area contributed by atoms with Crippen LogP contribution in [0.2, 0.25) is 0 Å². The smallest absolute Gasteiger partial charge is 0.308 e. The number of rotatable bonds is 23. The van der Waals surface area contributed by atoms with Crippen molar-refractivity contribution < 1.29 is 77.4 Å². The van der Waals surface area contributed by atoms with Crippen LogP contribution in [-0.2, 0) is 62.1 Å². The number of amides is 3. The summed E-state index contributed by atoms with van der Waals surface area (Å²) in [6.45, 7) is 17.3. The summed E-state index contributed by atoms with van der Waals surface area (Å²) in [4.78, 5) is 119. The first-order valence-corrected chi connectivity index (χ1v) is 20.8. The molecule has 1 heterocycles. The molecule has 0 aromatic rings. The third-order valence-electron chi connectivity index (χ3n) is 9.35. The number of Topliss-reactive ketones (excluding diaryl/α,β-unsaturated/α-hetero) is 3. The summed E-state index contributed by atoms with van der Waals surface area (Å²) >= 11 is 0. The molecule has 1 aliphatic heterocycles. The van der Waals surface area contributed by atoms with Gasteiger partial charge in [-0.2, -0.15) is 0 Å². The zero-order valence-electron chi connectivity index (χ0n) is 37.9. The number of aliphatic hydroxyl groups excluding tert-OH is 3. The molecule has 354 valence electrons. The van der Waals surface area contributed by atoms with Crippen molar-refractivity contribution in [1.82, 2.24) is 10.6 Å². The van der Waals surface area contributed by atoms with E-state index >= 15 is 0 Å². The maximum atomic E-state index is 14.2. The SMILES string of the molecule is CC(C)[C@H](CC(=O)[C@H](CCC(=O)OC(C)(C)C)NC(=O)[C@H](CC(=O)OC(C)(C)C)CC(=O)C1OC(CN)C(O)C(O)C1O)C(=O)N[C@@H](CC(=O)OC(C)(C)C)C(=O)CCC(N)=O. The van der Waals surface area contributed by atoms with E-state index in [0.29, 0.717) is 0 Å². The highest BCUT2D eigenvalue weighted by molar-refractivity contribution is 5.98. The van der Waals surface area contributed by atoms with E-state index in [2.05, 4.69) is 10.6 Å². The van der Waals surface area contributed by atoms with Crippen LogP contribution in [0.4, 0.5) is 0 Å². The van der Waals surface area contributed by atoms with E-state index in [1.165, 1.54) is 0 Å². The number of carbonyl (C=O) groups excluding carboxylic acids is 9. The van der Waals surface area contributed by atoms with E-state index in [1.807, 2.05) is 0 Å². The molecule has 0 saturated carbocycles. The Morgan fingerprint density at radius 1 is 0.613 bits per heavy atom. The molecule has 3 amide bonds. The van der Waals surface area contributed by atoms with Gasteiger partial charge >= 0.3 is 17.9 Å². The Hall–Kier alpha value is -4.37. The Bertz CT molecular complexity index is 1610. The monoisotopic (exact) mass is 886 g/mol. The van der Waals surface area contributed by atoms with Crippen molar-refractivity contribution in [2.75, 3.05) is 6.54 Å². The lowest BCUT2D eigenvalue weighted by atomic mass is 9.86. The standard InChI is InChI=1S/C42H70N4O16/c1-21(2)23(39(58)46-25(26(47)13-14-30(44)50)19-33(53)62-42(9,10)11)18-27(48)24(12-15-31(51)60-40(3,4)5)45-38(57)22(17-32(52)61-41(6,7)8)16-28(49)37-36(56)35(55)34(54)29(20-43)59-37/h21-25,29,34-37,54-56H,12-20,43H2,1-11H3,(H2,44,50)(H,45,57)(H,46,58)/t22-,23-,24-,25-,29?,34?,35?,36?,37?/m0/s1. The molecule has 0 aromatic carbocycles. The van der Waals surface area contributed by atoms with Crippen LogP contribution in [0, 0.1) is 17.8 Å². The Balaban J connectivity index is 3.58. The van der Waals surface area contributed by atoms with Gasteiger partial charge in [0.05, 0.1) is 36.9 Å². The fourth-order valence-electron chi connectivity index (χ4n) is 6.36. The molecule has 0 bridgehead atoms. The number of nitrogens with one attached hydrogen (secondary N) is 2. The molecule has 1 fully saturated rings. The molecule has 20 heteroatoms. The molecule has 5 unspecified atom stereocenters. The molecule has 0 aliphatic carbocycles. The van der Waals surface area contributed by atoms with E-state index < -0.39 is 169 Å². The lowest BCUT2D eigenvalue weighted by Gasteiger charge is -2.39. The van der Waals surface area contributed by atoms with Gasteiger partial charge in [0.25, 0.3) is 0 Å². The summed E-state index contributed by atoms with van der Waals surface area (Å²) in [5, 5.41) is 36.3. The number of esters is 3. The van der Waals surface area contributed by atoms with Crippen LogP contribution in [0.5, 0.6) is 0 Å². The molecule has 0 aromatic heterocycles. The average molecular weight is 887 g/mol. The third kappa shape index (κ3) is 20.2. The zero-order valence-corrected chi connectivity index (χ0v) is 37.9. The second kappa shape index (κ2) is 23.9. The first-order chi connectivity index (χ1) is 28.2. The van der Waals surface area contributed by atoms with Crippen molar-refractivity contribution in [3.63, 3.8) is 0 Å². The van der Waals surface area contributed by atoms with Gasteiger partial charge in [0, 0.05) is 44.6 Å². The maximum absolute atomic E-state index is 14.2. The van der Waals surface area contributed by atoms with Gasteiger partial charge in [-0.3, -0.25) is 43.2 Å².